The van der Waals surface area contributed by atoms with Gasteiger partial charge in [0.1, 0.15) is 0 Å². The topological polar surface area (TPSA) is 57.5 Å². The molecule has 0 aliphatic rings. The number of hydrogen-bond donors (Lipinski definition) is 2. The van der Waals surface area contributed by atoms with E-state index in [4.69, 9.17) is 5.11 Å². The third-order valence-electron chi connectivity index (χ3n) is 1.96. The molecule has 2 N–H and O–H groups in total. The summed E-state index contributed by atoms with van der Waals surface area (Å²) in [5.74, 6) is -0.590. The molecule has 0 fully saturated rings. The Kier molecular flexibility index (Phi) is 2.04. The number of carbonyl (C=O) groups excluding carboxylic acids is 1. The molecule has 0 atom stereocenters. The fraction of sp³-hybridized carbons (Fsp3) is 0.222. The predicted molar refractivity (Wildman–Crippen MR) is 44.6 cm³/mol. The number of carbonyl (C=O) groups is 1. The van der Waals surface area contributed by atoms with Gasteiger partial charge in [-0.1, -0.05) is 0 Å². The molecule has 0 spiro atoms. The van der Waals surface area contributed by atoms with Crippen LogP contribution < -0.4 is 0 Å². The van der Waals surface area contributed by atoms with E-state index in [1.54, 1.807) is 13.8 Å². The second-order valence-corrected chi connectivity index (χ2v) is 2.72. The van der Waals surface area contributed by atoms with Crippen LogP contribution >= 0.6 is 0 Å². The molecule has 64 valence electrons. The van der Waals surface area contributed by atoms with Gasteiger partial charge in [-0.05, 0) is 31.0 Å². The summed E-state index contributed by atoms with van der Waals surface area (Å²) >= 11 is 0. The third-order valence-corrected chi connectivity index (χ3v) is 1.96. The number of aromatic hydroxyl groups is 2. The van der Waals surface area contributed by atoms with E-state index in [1.165, 1.54) is 6.07 Å². The van der Waals surface area contributed by atoms with Gasteiger partial charge < -0.3 is 10.2 Å². The van der Waals surface area contributed by atoms with Crippen LogP contribution in [0.2, 0.25) is 0 Å². The van der Waals surface area contributed by atoms with Crippen LogP contribution in [0.5, 0.6) is 11.5 Å². The van der Waals surface area contributed by atoms with Crippen molar-refractivity contribution < 1.29 is 15.0 Å². The first-order valence-electron chi connectivity index (χ1n) is 3.55. The monoisotopic (exact) mass is 166 g/mol. The number of benzene rings is 1. The lowest BCUT2D eigenvalue weighted by molar-refractivity contribution is 0.111. The zero-order chi connectivity index (χ0) is 9.30. The Morgan fingerprint density at radius 2 is 1.92 bits per heavy atom. The lowest BCUT2D eigenvalue weighted by atomic mass is 10.0. The number of rotatable bonds is 1. The Hall–Kier alpha value is -1.51. The maximum absolute atomic E-state index is 10.5. The van der Waals surface area contributed by atoms with Crippen molar-refractivity contribution in [1.29, 1.82) is 0 Å². The summed E-state index contributed by atoms with van der Waals surface area (Å²) in [7, 11) is 0. The van der Waals surface area contributed by atoms with Crippen LogP contribution in [0.25, 0.3) is 0 Å². The van der Waals surface area contributed by atoms with Crippen LogP contribution in [0.15, 0.2) is 6.07 Å². The highest BCUT2D eigenvalue weighted by Crippen LogP contribution is 2.31. The lowest BCUT2D eigenvalue weighted by Crippen LogP contribution is -1.91. The Morgan fingerprint density at radius 1 is 1.33 bits per heavy atom. The highest BCUT2D eigenvalue weighted by Gasteiger charge is 2.10. The lowest BCUT2D eigenvalue weighted by Gasteiger charge is -2.06. The SMILES string of the molecule is Cc1cc(O)c(O)c(C=O)c1C. The number of aryl methyl sites for hydroxylation is 1. The molecule has 3 heteroatoms. The van der Waals surface area contributed by atoms with Crippen molar-refractivity contribution in [2.45, 2.75) is 13.8 Å². The molecule has 1 aromatic rings. The van der Waals surface area contributed by atoms with Crippen molar-refractivity contribution in [3.8, 4) is 11.5 Å². The van der Waals surface area contributed by atoms with Gasteiger partial charge in [0.2, 0.25) is 0 Å². The molecule has 0 aliphatic carbocycles. The summed E-state index contributed by atoms with van der Waals surface area (Å²) in [4.78, 5) is 10.5. The summed E-state index contributed by atoms with van der Waals surface area (Å²) in [6.45, 7) is 3.49. The molecule has 0 aromatic heterocycles. The van der Waals surface area contributed by atoms with Gasteiger partial charge >= 0.3 is 0 Å². The van der Waals surface area contributed by atoms with Crippen molar-refractivity contribution in [3.63, 3.8) is 0 Å². The molecule has 1 aromatic carbocycles. The van der Waals surface area contributed by atoms with Crippen LogP contribution in [0.1, 0.15) is 21.5 Å². The van der Waals surface area contributed by atoms with Gasteiger partial charge in [-0.25, -0.2) is 0 Å². The van der Waals surface area contributed by atoms with Crippen LogP contribution in [0.3, 0.4) is 0 Å². The first-order valence-corrected chi connectivity index (χ1v) is 3.55. The summed E-state index contributed by atoms with van der Waals surface area (Å²) in [6.07, 6.45) is 0.539. The first kappa shape index (κ1) is 8.59. The molecular formula is C9H10O3. The van der Waals surface area contributed by atoms with Gasteiger partial charge in [-0.3, -0.25) is 4.79 Å². The highest BCUT2D eigenvalue weighted by molar-refractivity contribution is 5.83. The summed E-state index contributed by atoms with van der Waals surface area (Å²) < 4.78 is 0. The number of hydrogen-bond acceptors (Lipinski definition) is 3. The largest absolute Gasteiger partial charge is 0.504 e. The van der Waals surface area contributed by atoms with Gasteiger partial charge in [0.15, 0.2) is 17.8 Å². The van der Waals surface area contributed by atoms with Gasteiger partial charge in [0, 0.05) is 0 Å². The highest BCUT2D eigenvalue weighted by atomic mass is 16.3. The molecule has 0 saturated carbocycles. The normalized spacial score (nSPS) is 9.83. The van der Waals surface area contributed by atoms with Crippen LogP contribution in [-0.4, -0.2) is 16.5 Å². The standard InChI is InChI=1S/C9H10O3/c1-5-3-8(11)9(12)7(4-10)6(5)2/h3-4,11-12H,1-2H3. The smallest absolute Gasteiger partial charge is 0.168 e. The fourth-order valence-electron chi connectivity index (χ4n) is 1.05. The zero-order valence-corrected chi connectivity index (χ0v) is 6.96. The van der Waals surface area contributed by atoms with Gasteiger partial charge in [0.05, 0.1) is 5.56 Å². The molecule has 0 bridgehead atoms. The molecule has 0 amide bonds. The molecule has 1 rings (SSSR count). The minimum atomic E-state index is -0.340. The average Bonchev–Trinajstić information content (AvgIpc) is 2.02. The van der Waals surface area contributed by atoms with E-state index < -0.39 is 0 Å². The molecule has 0 saturated heterocycles. The Morgan fingerprint density at radius 3 is 2.42 bits per heavy atom. The minimum Gasteiger partial charge on any atom is -0.504 e. The van der Waals surface area contributed by atoms with E-state index in [2.05, 4.69) is 0 Å². The van der Waals surface area contributed by atoms with E-state index in [1.807, 2.05) is 0 Å². The van der Waals surface area contributed by atoms with Crippen molar-refractivity contribution in [2.24, 2.45) is 0 Å². The van der Waals surface area contributed by atoms with Crippen molar-refractivity contribution >= 4 is 6.29 Å². The van der Waals surface area contributed by atoms with E-state index in [9.17, 15) is 9.90 Å². The maximum atomic E-state index is 10.5. The van der Waals surface area contributed by atoms with Gasteiger partial charge in [-0.2, -0.15) is 0 Å². The van der Waals surface area contributed by atoms with Crippen LogP contribution in [0, 0.1) is 13.8 Å². The molecule has 0 aliphatic heterocycles. The summed E-state index contributed by atoms with van der Waals surface area (Å²) in [6, 6.07) is 1.43. The number of aldehydes is 1. The average molecular weight is 166 g/mol. The third kappa shape index (κ3) is 1.13. The van der Waals surface area contributed by atoms with Gasteiger partial charge in [-0.15, -0.1) is 0 Å². The van der Waals surface area contributed by atoms with Gasteiger partial charge in [0.25, 0.3) is 0 Å². The molecule has 0 radical (unpaired) electrons. The van der Waals surface area contributed by atoms with Crippen molar-refractivity contribution in [2.75, 3.05) is 0 Å². The van der Waals surface area contributed by atoms with Crippen molar-refractivity contribution in [1.82, 2.24) is 0 Å². The fourth-order valence-corrected chi connectivity index (χ4v) is 1.05. The summed E-state index contributed by atoms with van der Waals surface area (Å²) in [5, 5.41) is 18.3. The molecule has 0 heterocycles. The second-order valence-electron chi connectivity index (χ2n) is 2.72. The number of phenols is 2. The molecule has 12 heavy (non-hydrogen) atoms. The maximum Gasteiger partial charge on any atom is 0.168 e. The zero-order valence-electron chi connectivity index (χ0n) is 6.96. The second kappa shape index (κ2) is 2.85. The van der Waals surface area contributed by atoms with Crippen molar-refractivity contribution in [3.05, 3.63) is 22.8 Å². The molecule has 3 nitrogen and oxygen atoms in total. The molecule has 0 unspecified atom stereocenters. The van der Waals surface area contributed by atoms with Crippen LogP contribution in [0.4, 0.5) is 0 Å². The quantitative estimate of drug-likeness (QED) is 0.491. The summed E-state index contributed by atoms with van der Waals surface area (Å²) in [5.41, 5.74) is 1.64. The number of phenolic OH excluding ortho intramolecular Hbond substituents is 2. The predicted octanol–water partition coefficient (Wildman–Crippen LogP) is 1.53. The molecular weight excluding hydrogens is 156 g/mol. The van der Waals surface area contributed by atoms with E-state index in [-0.39, 0.29) is 17.1 Å². The van der Waals surface area contributed by atoms with E-state index >= 15 is 0 Å². The Bertz CT molecular complexity index is 303. The van der Waals surface area contributed by atoms with E-state index in [0.29, 0.717) is 11.8 Å². The Balaban J connectivity index is 3.52. The first-order chi connectivity index (χ1) is 5.57. The minimum absolute atomic E-state index is 0.160. The van der Waals surface area contributed by atoms with E-state index in [0.717, 1.165) is 5.56 Å². The Labute approximate surface area is 70.3 Å². The van der Waals surface area contributed by atoms with Crippen LogP contribution in [-0.2, 0) is 0 Å².